The number of nitrogens with one attached hydrogen (secondary N) is 1. The zero-order valence-electron chi connectivity index (χ0n) is 11.5. The van der Waals surface area contributed by atoms with Crippen molar-refractivity contribution in [2.45, 2.75) is 13.3 Å². The lowest BCUT2D eigenvalue weighted by atomic mass is 10.1. The van der Waals surface area contributed by atoms with E-state index in [9.17, 15) is 4.79 Å². The van der Waals surface area contributed by atoms with E-state index >= 15 is 0 Å². The van der Waals surface area contributed by atoms with Crippen LogP contribution >= 0.6 is 24.0 Å². The fraction of sp³-hybridized carbons (Fsp3) is 0.125. The Labute approximate surface area is 133 Å². The predicted octanol–water partition coefficient (Wildman–Crippen LogP) is 3.98. The SMILES string of the molecule is CCc1ccccc1N1C(=O)/C(=C\c2ccc[nH]2)SC1=S. The normalized spacial score (nSPS) is 17.0. The van der Waals surface area contributed by atoms with Gasteiger partial charge in [0.1, 0.15) is 0 Å². The number of thioether (sulfide) groups is 1. The third-order valence-corrected chi connectivity index (χ3v) is 4.62. The number of H-pyrrole nitrogens is 1. The number of benzene rings is 1. The van der Waals surface area contributed by atoms with Crippen molar-refractivity contribution in [2.24, 2.45) is 0 Å². The monoisotopic (exact) mass is 314 g/mol. The number of carbonyl (C=O) groups excluding carboxylic acids is 1. The van der Waals surface area contributed by atoms with Gasteiger partial charge in [0.15, 0.2) is 4.32 Å². The minimum atomic E-state index is -0.0551. The van der Waals surface area contributed by atoms with Crippen LogP contribution in [0, 0.1) is 0 Å². The van der Waals surface area contributed by atoms with Gasteiger partial charge in [-0.15, -0.1) is 0 Å². The topological polar surface area (TPSA) is 36.1 Å². The Balaban J connectivity index is 1.98. The molecule has 2 heterocycles. The molecule has 106 valence electrons. The Morgan fingerprint density at radius 2 is 2.10 bits per heavy atom. The Morgan fingerprint density at radius 3 is 2.81 bits per heavy atom. The first kappa shape index (κ1) is 14.1. The fourth-order valence-electron chi connectivity index (χ4n) is 2.28. The van der Waals surface area contributed by atoms with E-state index in [1.807, 2.05) is 48.7 Å². The van der Waals surface area contributed by atoms with E-state index in [2.05, 4.69) is 11.9 Å². The molecular weight excluding hydrogens is 300 g/mol. The van der Waals surface area contributed by atoms with Gasteiger partial charge in [-0.25, -0.2) is 0 Å². The number of aromatic amines is 1. The van der Waals surface area contributed by atoms with Crippen LogP contribution in [0.1, 0.15) is 18.2 Å². The van der Waals surface area contributed by atoms with E-state index in [-0.39, 0.29) is 5.91 Å². The minimum absolute atomic E-state index is 0.0551. The molecule has 1 amide bonds. The van der Waals surface area contributed by atoms with E-state index in [0.29, 0.717) is 9.23 Å². The number of thiocarbonyl (C=S) groups is 1. The van der Waals surface area contributed by atoms with Gasteiger partial charge in [0.25, 0.3) is 5.91 Å². The number of aryl methyl sites for hydroxylation is 1. The summed E-state index contributed by atoms with van der Waals surface area (Å²) in [5.74, 6) is -0.0551. The Bertz CT molecular complexity index is 720. The lowest BCUT2D eigenvalue weighted by molar-refractivity contribution is -0.113. The first-order valence-corrected chi connectivity index (χ1v) is 7.92. The lowest BCUT2D eigenvalue weighted by Crippen LogP contribution is -2.28. The molecule has 1 fully saturated rings. The second-order valence-corrected chi connectivity index (χ2v) is 6.30. The van der Waals surface area contributed by atoms with Gasteiger partial charge in [0, 0.05) is 11.9 Å². The van der Waals surface area contributed by atoms with Crippen LogP contribution in [0.4, 0.5) is 5.69 Å². The van der Waals surface area contributed by atoms with Crippen molar-refractivity contribution in [3.05, 3.63) is 58.8 Å². The van der Waals surface area contributed by atoms with Crippen LogP contribution in [0.3, 0.4) is 0 Å². The summed E-state index contributed by atoms with van der Waals surface area (Å²) in [7, 11) is 0. The van der Waals surface area contributed by atoms with Crippen molar-refractivity contribution in [1.29, 1.82) is 0 Å². The Kier molecular flexibility index (Phi) is 3.94. The summed E-state index contributed by atoms with van der Waals surface area (Å²) >= 11 is 6.74. The second-order valence-electron chi connectivity index (χ2n) is 4.62. The van der Waals surface area contributed by atoms with Gasteiger partial charge in [0.05, 0.1) is 10.6 Å². The zero-order chi connectivity index (χ0) is 14.8. The highest BCUT2D eigenvalue weighted by atomic mass is 32.2. The van der Waals surface area contributed by atoms with Gasteiger partial charge in [0.2, 0.25) is 0 Å². The highest BCUT2D eigenvalue weighted by molar-refractivity contribution is 8.27. The number of rotatable bonds is 3. The van der Waals surface area contributed by atoms with Gasteiger partial charge in [-0.1, -0.05) is 49.1 Å². The maximum Gasteiger partial charge on any atom is 0.270 e. The molecule has 3 nitrogen and oxygen atoms in total. The number of hydrogen-bond donors (Lipinski definition) is 1. The summed E-state index contributed by atoms with van der Waals surface area (Å²) in [5, 5.41) is 0. The molecule has 5 heteroatoms. The molecule has 1 aliphatic heterocycles. The molecule has 1 saturated heterocycles. The van der Waals surface area contributed by atoms with Crippen molar-refractivity contribution in [1.82, 2.24) is 4.98 Å². The van der Waals surface area contributed by atoms with E-state index in [4.69, 9.17) is 12.2 Å². The molecule has 1 aromatic heterocycles. The van der Waals surface area contributed by atoms with Crippen LogP contribution in [0.2, 0.25) is 0 Å². The van der Waals surface area contributed by atoms with Gasteiger partial charge >= 0.3 is 0 Å². The van der Waals surface area contributed by atoms with Crippen molar-refractivity contribution >= 4 is 46.0 Å². The largest absolute Gasteiger partial charge is 0.362 e. The number of amides is 1. The quantitative estimate of drug-likeness (QED) is 0.687. The molecule has 1 N–H and O–H groups in total. The van der Waals surface area contributed by atoms with Crippen LogP contribution in [0.15, 0.2) is 47.5 Å². The van der Waals surface area contributed by atoms with Crippen LogP contribution in [0.25, 0.3) is 6.08 Å². The lowest BCUT2D eigenvalue weighted by Gasteiger charge is -2.17. The molecular formula is C16H14N2OS2. The van der Waals surface area contributed by atoms with E-state index in [0.717, 1.165) is 23.4 Å². The number of anilines is 1. The molecule has 0 saturated carbocycles. The molecule has 0 unspecified atom stereocenters. The molecule has 0 aliphatic carbocycles. The second kappa shape index (κ2) is 5.87. The average Bonchev–Trinajstić information content (AvgIpc) is 3.09. The van der Waals surface area contributed by atoms with Crippen molar-refractivity contribution in [3.63, 3.8) is 0 Å². The summed E-state index contributed by atoms with van der Waals surface area (Å²) < 4.78 is 0.582. The van der Waals surface area contributed by atoms with E-state index in [1.165, 1.54) is 11.8 Å². The highest BCUT2D eigenvalue weighted by Gasteiger charge is 2.34. The summed E-state index contributed by atoms with van der Waals surface area (Å²) in [6.07, 6.45) is 4.54. The van der Waals surface area contributed by atoms with Gasteiger partial charge < -0.3 is 4.98 Å². The van der Waals surface area contributed by atoms with Crippen LogP contribution in [0.5, 0.6) is 0 Å². The highest BCUT2D eigenvalue weighted by Crippen LogP contribution is 2.37. The summed E-state index contributed by atoms with van der Waals surface area (Å²) in [4.78, 5) is 18.0. The zero-order valence-corrected chi connectivity index (χ0v) is 13.1. The standard InChI is InChI=1S/C16H14N2OS2/c1-2-11-6-3-4-8-13(11)18-15(19)14(21-16(18)20)10-12-7-5-9-17-12/h3-10,17H,2H2,1H3/b14-10+. The van der Waals surface area contributed by atoms with Gasteiger partial charge in [-0.05, 0) is 36.3 Å². The molecule has 3 rings (SSSR count). The van der Waals surface area contributed by atoms with Gasteiger partial charge in [-0.2, -0.15) is 0 Å². The first-order valence-electron chi connectivity index (χ1n) is 6.70. The number of aromatic nitrogens is 1. The maximum atomic E-state index is 12.6. The molecule has 1 aromatic carbocycles. The molecule has 0 radical (unpaired) electrons. The number of para-hydroxylation sites is 1. The maximum absolute atomic E-state index is 12.6. The van der Waals surface area contributed by atoms with E-state index in [1.54, 1.807) is 4.90 Å². The van der Waals surface area contributed by atoms with Crippen molar-refractivity contribution in [2.75, 3.05) is 4.90 Å². The summed E-state index contributed by atoms with van der Waals surface area (Å²) in [5.41, 5.74) is 2.91. The van der Waals surface area contributed by atoms with Gasteiger partial charge in [-0.3, -0.25) is 9.69 Å². The fourth-order valence-corrected chi connectivity index (χ4v) is 3.55. The molecule has 1 aliphatic rings. The molecule has 2 aromatic rings. The van der Waals surface area contributed by atoms with Crippen molar-refractivity contribution in [3.8, 4) is 0 Å². The number of nitrogens with zero attached hydrogens (tertiary/aromatic N) is 1. The molecule has 0 spiro atoms. The number of carbonyl (C=O) groups is 1. The molecule has 0 bridgehead atoms. The molecule has 0 atom stereocenters. The Hall–Kier alpha value is -1.85. The van der Waals surface area contributed by atoms with Crippen molar-refractivity contribution < 1.29 is 4.79 Å². The van der Waals surface area contributed by atoms with Crippen LogP contribution in [-0.2, 0) is 11.2 Å². The average molecular weight is 314 g/mol. The van der Waals surface area contributed by atoms with Crippen LogP contribution < -0.4 is 4.90 Å². The smallest absolute Gasteiger partial charge is 0.270 e. The number of hydrogen-bond acceptors (Lipinski definition) is 3. The summed E-state index contributed by atoms with van der Waals surface area (Å²) in [6.45, 7) is 2.07. The summed E-state index contributed by atoms with van der Waals surface area (Å²) in [6, 6.07) is 11.7. The van der Waals surface area contributed by atoms with Crippen LogP contribution in [-0.4, -0.2) is 15.2 Å². The van der Waals surface area contributed by atoms with E-state index < -0.39 is 0 Å². The Morgan fingerprint density at radius 1 is 1.29 bits per heavy atom. The third-order valence-electron chi connectivity index (χ3n) is 3.32. The third kappa shape index (κ3) is 2.66. The predicted molar refractivity (Wildman–Crippen MR) is 92.3 cm³/mol. The minimum Gasteiger partial charge on any atom is -0.362 e. The first-order chi connectivity index (χ1) is 10.2. The molecule has 21 heavy (non-hydrogen) atoms.